The zero-order valence-corrected chi connectivity index (χ0v) is 17.8. The lowest BCUT2D eigenvalue weighted by molar-refractivity contribution is -0.137. The predicted molar refractivity (Wildman–Crippen MR) is 112 cm³/mol. The first-order valence-corrected chi connectivity index (χ1v) is 9.74. The number of carbonyl (C=O) groups excluding carboxylic acids is 2. The average Bonchev–Trinajstić information content (AvgIpc) is 2.78. The van der Waals surface area contributed by atoms with Gasteiger partial charge in [0.15, 0.2) is 6.61 Å². The number of carbonyl (C=O) groups is 2. The van der Waals surface area contributed by atoms with Gasteiger partial charge in [0.25, 0.3) is 5.91 Å². The number of amides is 1. The first-order valence-electron chi connectivity index (χ1n) is 9.74. The molecule has 1 aromatic heterocycles. The fourth-order valence-electron chi connectivity index (χ4n) is 2.88. The molecule has 0 unspecified atom stereocenters. The lowest BCUT2D eigenvalue weighted by Gasteiger charge is -2.13. The summed E-state index contributed by atoms with van der Waals surface area (Å²) < 4.78 is 73.4. The summed E-state index contributed by atoms with van der Waals surface area (Å²) in [5.41, 5.74) is -2.26. The fourth-order valence-corrected chi connectivity index (χ4v) is 2.88. The van der Waals surface area contributed by atoms with Crippen LogP contribution in [0.4, 0.5) is 27.6 Å². The summed E-state index contributed by atoms with van der Waals surface area (Å²) in [6.45, 7) is -2.43. The topological polar surface area (TPSA) is 99.5 Å². The zero-order valence-electron chi connectivity index (χ0n) is 17.8. The Hall–Kier alpha value is -4.29. The second-order valence-electron chi connectivity index (χ2n) is 6.99. The largest absolute Gasteiger partial charge is 0.451 e. The molecule has 1 amide bonds. The van der Waals surface area contributed by atoms with Crippen molar-refractivity contribution in [2.24, 2.45) is 0 Å². The Balaban J connectivity index is 1.71. The van der Waals surface area contributed by atoms with E-state index in [0.29, 0.717) is 0 Å². The number of benzene rings is 2. The van der Waals surface area contributed by atoms with Gasteiger partial charge in [-0.2, -0.15) is 27.1 Å². The first kappa shape index (κ1) is 25.3. The maximum Gasteiger partial charge on any atom is 0.416 e. The number of halogens is 5. The minimum atomic E-state index is -4.62. The molecule has 1 N–H and O–H groups in total. The Morgan fingerprint density at radius 3 is 2.40 bits per heavy atom. The molecular formula is C22H16F5N3O5. The van der Waals surface area contributed by atoms with Crippen LogP contribution in [-0.4, -0.2) is 34.9 Å². The summed E-state index contributed by atoms with van der Waals surface area (Å²) in [7, 11) is 0. The first-order chi connectivity index (χ1) is 16.4. The van der Waals surface area contributed by atoms with Gasteiger partial charge in [-0.25, -0.2) is 9.48 Å². The van der Waals surface area contributed by atoms with Gasteiger partial charge in [-0.15, -0.1) is 0 Å². The highest BCUT2D eigenvalue weighted by molar-refractivity contribution is 5.94. The SMILES string of the molecule is Cc1cc(=O)c(C(=O)OCC(=O)Nc2ccc(OC(F)F)cc2)nn1-c1cccc(C(F)(F)F)c1. The van der Waals surface area contributed by atoms with E-state index in [1.165, 1.54) is 37.3 Å². The highest BCUT2D eigenvalue weighted by Gasteiger charge is 2.30. The number of rotatable bonds is 7. The van der Waals surface area contributed by atoms with Gasteiger partial charge >= 0.3 is 18.8 Å². The summed E-state index contributed by atoms with van der Waals surface area (Å²) in [6.07, 6.45) is -4.62. The molecule has 1 heterocycles. The molecule has 8 nitrogen and oxygen atoms in total. The monoisotopic (exact) mass is 497 g/mol. The van der Waals surface area contributed by atoms with E-state index in [1.807, 2.05) is 0 Å². The third-order valence-corrected chi connectivity index (χ3v) is 4.42. The van der Waals surface area contributed by atoms with Gasteiger partial charge in [0.2, 0.25) is 11.1 Å². The molecule has 35 heavy (non-hydrogen) atoms. The molecule has 0 saturated carbocycles. The summed E-state index contributed by atoms with van der Waals surface area (Å²) in [5, 5.41) is 6.16. The average molecular weight is 497 g/mol. The quantitative estimate of drug-likeness (QED) is 0.392. The molecule has 0 aliphatic carbocycles. The van der Waals surface area contributed by atoms with Crippen LogP contribution in [0.2, 0.25) is 0 Å². The molecule has 0 fully saturated rings. The summed E-state index contributed by atoms with van der Waals surface area (Å²) in [5.74, 6) is -2.22. The molecule has 0 aliphatic heterocycles. The molecular weight excluding hydrogens is 481 g/mol. The van der Waals surface area contributed by atoms with E-state index in [9.17, 15) is 36.3 Å². The number of hydrogen-bond acceptors (Lipinski definition) is 6. The standard InChI is InChI=1S/C22H16F5N3O5/c1-12-9-17(31)19(29-30(12)15-4-2-3-13(10-15)22(25,26)27)20(33)34-11-18(32)28-14-5-7-16(8-6-14)35-21(23)24/h2-10,21H,11H2,1H3,(H,28,32). The Kier molecular flexibility index (Phi) is 7.47. The Labute approximate surface area is 193 Å². The molecule has 0 atom stereocenters. The Morgan fingerprint density at radius 2 is 1.77 bits per heavy atom. The molecule has 13 heteroatoms. The van der Waals surface area contributed by atoms with Crippen molar-refractivity contribution in [3.8, 4) is 11.4 Å². The van der Waals surface area contributed by atoms with Crippen LogP contribution < -0.4 is 15.5 Å². The highest BCUT2D eigenvalue weighted by atomic mass is 19.4. The van der Waals surface area contributed by atoms with E-state index in [0.717, 1.165) is 28.9 Å². The number of alkyl halides is 5. The number of aryl methyl sites for hydroxylation is 1. The van der Waals surface area contributed by atoms with Crippen molar-refractivity contribution in [1.82, 2.24) is 9.78 Å². The molecule has 0 bridgehead atoms. The van der Waals surface area contributed by atoms with E-state index in [-0.39, 0.29) is 22.8 Å². The number of aromatic nitrogens is 2. The third-order valence-electron chi connectivity index (χ3n) is 4.42. The molecule has 2 aromatic carbocycles. The normalized spacial score (nSPS) is 11.3. The molecule has 184 valence electrons. The molecule has 0 radical (unpaired) electrons. The predicted octanol–water partition coefficient (Wildman–Crippen LogP) is 3.96. The summed E-state index contributed by atoms with van der Waals surface area (Å²) in [6, 6.07) is 10.00. The fraction of sp³-hybridized carbons (Fsp3) is 0.182. The summed E-state index contributed by atoms with van der Waals surface area (Å²) >= 11 is 0. The number of nitrogens with one attached hydrogen (secondary N) is 1. The van der Waals surface area contributed by atoms with Crippen molar-refractivity contribution in [2.75, 3.05) is 11.9 Å². The minimum absolute atomic E-state index is 0.0524. The van der Waals surface area contributed by atoms with Crippen LogP contribution in [0, 0.1) is 6.92 Å². The van der Waals surface area contributed by atoms with Gasteiger partial charge in [-0.05, 0) is 49.4 Å². The molecule has 0 spiro atoms. The van der Waals surface area contributed by atoms with Crippen molar-refractivity contribution < 1.29 is 41.0 Å². The van der Waals surface area contributed by atoms with Crippen LogP contribution in [0.25, 0.3) is 5.69 Å². The van der Waals surface area contributed by atoms with E-state index in [1.54, 1.807) is 0 Å². The number of ether oxygens (including phenoxy) is 2. The molecule has 3 rings (SSSR count). The zero-order chi connectivity index (χ0) is 25.8. The number of esters is 1. The van der Waals surface area contributed by atoms with E-state index in [2.05, 4.69) is 15.2 Å². The van der Waals surface area contributed by atoms with Crippen molar-refractivity contribution >= 4 is 17.6 Å². The van der Waals surface area contributed by atoms with Gasteiger partial charge < -0.3 is 14.8 Å². The number of hydrogen-bond donors (Lipinski definition) is 1. The van der Waals surface area contributed by atoms with Crippen LogP contribution in [0.5, 0.6) is 5.75 Å². The van der Waals surface area contributed by atoms with Crippen LogP contribution >= 0.6 is 0 Å². The van der Waals surface area contributed by atoms with Crippen LogP contribution in [0.1, 0.15) is 21.7 Å². The van der Waals surface area contributed by atoms with Gasteiger partial charge in [-0.3, -0.25) is 9.59 Å². The second kappa shape index (κ2) is 10.3. The highest BCUT2D eigenvalue weighted by Crippen LogP contribution is 2.30. The lowest BCUT2D eigenvalue weighted by atomic mass is 10.2. The number of anilines is 1. The van der Waals surface area contributed by atoms with E-state index >= 15 is 0 Å². The smallest absolute Gasteiger partial charge is 0.416 e. The maximum atomic E-state index is 13.0. The van der Waals surface area contributed by atoms with Crippen LogP contribution in [0.3, 0.4) is 0 Å². The molecule has 3 aromatic rings. The van der Waals surface area contributed by atoms with Gasteiger partial charge in [0, 0.05) is 17.4 Å². The van der Waals surface area contributed by atoms with E-state index in [4.69, 9.17) is 4.74 Å². The minimum Gasteiger partial charge on any atom is -0.451 e. The van der Waals surface area contributed by atoms with Crippen LogP contribution in [0.15, 0.2) is 59.4 Å². The Morgan fingerprint density at radius 1 is 1.09 bits per heavy atom. The Bertz CT molecular complexity index is 1290. The van der Waals surface area contributed by atoms with Crippen molar-refractivity contribution in [3.05, 3.63) is 81.8 Å². The van der Waals surface area contributed by atoms with Crippen molar-refractivity contribution in [2.45, 2.75) is 19.7 Å². The van der Waals surface area contributed by atoms with E-state index < -0.39 is 48.0 Å². The van der Waals surface area contributed by atoms with Crippen molar-refractivity contribution in [3.63, 3.8) is 0 Å². The van der Waals surface area contributed by atoms with Crippen LogP contribution in [-0.2, 0) is 15.7 Å². The van der Waals surface area contributed by atoms with Gasteiger partial charge in [0.1, 0.15) is 5.75 Å². The second-order valence-corrected chi connectivity index (χ2v) is 6.99. The lowest BCUT2D eigenvalue weighted by Crippen LogP contribution is -2.27. The van der Waals surface area contributed by atoms with Gasteiger partial charge in [0.05, 0.1) is 11.3 Å². The third kappa shape index (κ3) is 6.62. The summed E-state index contributed by atoms with van der Waals surface area (Å²) in [4.78, 5) is 36.6. The van der Waals surface area contributed by atoms with Crippen molar-refractivity contribution in [1.29, 1.82) is 0 Å². The molecule has 0 aliphatic rings. The maximum absolute atomic E-state index is 13.0. The number of nitrogens with zero attached hydrogens (tertiary/aromatic N) is 2. The van der Waals surface area contributed by atoms with Gasteiger partial charge in [-0.1, -0.05) is 6.07 Å². The molecule has 0 saturated heterocycles.